The minimum absolute atomic E-state index is 0.00364. The van der Waals surface area contributed by atoms with Crippen molar-refractivity contribution in [3.8, 4) is 0 Å². The van der Waals surface area contributed by atoms with Gasteiger partial charge in [-0.3, -0.25) is 19.6 Å². The Morgan fingerprint density at radius 2 is 1.08 bits per heavy atom. The lowest BCUT2D eigenvalue weighted by molar-refractivity contribution is -0.149. The fraction of sp³-hybridized carbons (Fsp3) is 0.256. The Morgan fingerprint density at radius 1 is 0.689 bits per heavy atom. The second kappa shape index (κ2) is 14.1. The molecule has 0 atom stereocenters. The molecule has 2 N–H and O–H groups in total. The molecule has 61 heavy (non-hydrogen) atoms. The van der Waals surface area contributed by atoms with Crippen molar-refractivity contribution < 1.29 is 63.0 Å². The van der Waals surface area contributed by atoms with Gasteiger partial charge in [-0.1, -0.05) is 27.7 Å². The number of allylic oxidation sites excluding steroid dienone is 4. The predicted octanol–water partition coefficient (Wildman–Crippen LogP) is 9.71. The number of fused-ring (bicyclic) bond motifs is 8. The third-order valence-electron chi connectivity index (χ3n) is 11.4. The summed E-state index contributed by atoms with van der Waals surface area (Å²) in [4.78, 5) is 41.0. The first-order valence-corrected chi connectivity index (χ1v) is 18.4. The maximum absolute atomic E-state index is 15.9. The maximum Gasteiger partial charge on any atom is 0.307 e. The first-order chi connectivity index (χ1) is 28.6. The van der Waals surface area contributed by atoms with E-state index in [0.29, 0.717) is 0 Å². The summed E-state index contributed by atoms with van der Waals surface area (Å²) in [5, 5.41) is 0. The van der Waals surface area contributed by atoms with Crippen LogP contribution < -0.4 is 0 Å². The van der Waals surface area contributed by atoms with E-state index in [4.69, 9.17) is 9.47 Å². The summed E-state index contributed by atoms with van der Waals surface area (Å²) in [5.41, 5.74) is -9.84. The molecule has 2 aromatic heterocycles. The van der Waals surface area contributed by atoms with Crippen LogP contribution in [-0.4, -0.2) is 40.4 Å². The molecule has 0 unspecified atom stereocenters. The molecule has 4 aliphatic heterocycles. The Morgan fingerprint density at radius 3 is 1.44 bits per heavy atom. The van der Waals surface area contributed by atoms with Crippen LogP contribution >= 0.6 is 0 Å². The van der Waals surface area contributed by atoms with Gasteiger partial charge in [-0.25, -0.2) is 43.9 Å². The predicted molar refractivity (Wildman–Crippen MR) is 198 cm³/mol. The number of hydrogen-bond donors (Lipinski definition) is 2. The molecule has 1 spiro atoms. The van der Waals surface area contributed by atoms with Crippen LogP contribution in [0.2, 0.25) is 0 Å². The topological polar surface area (TPSA) is 109 Å². The Balaban J connectivity index is 1.52. The van der Waals surface area contributed by atoms with Gasteiger partial charge in [0.15, 0.2) is 52.1 Å². The number of ether oxygens (including phenoxy) is 2. The second-order valence-electron chi connectivity index (χ2n) is 16.1. The summed E-state index contributed by atoms with van der Waals surface area (Å²) in [6.07, 6.45) is 4.46. The molecule has 4 aliphatic rings. The number of hydrogen-bond acceptors (Lipinski definition) is 6. The van der Waals surface area contributed by atoms with Gasteiger partial charge < -0.3 is 19.4 Å². The minimum atomic E-state index is -2.42. The summed E-state index contributed by atoms with van der Waals surface area (Å²) >= 11 is 0. The first-order valence-electron chi connectivity index (χ1n) is 18.4. The van der Waals surface area contributed by atoms with Crippen molar-refractivity contribution in [2.75, 3.05) is 7.11 Å². The smallest absolute Gasteiger partial charge is 0.307 e. The Bertz CT molecular complexity index is 2620. The molecular weight excluding hydrogens is 826 g/mol. The Labute approximate surface area is 339 Å². The molecule has 1 fully saturated rings. The Hall–Kier alpha value is -6.46. The van der Waals surface area contributed by atoms with E-state index in [-0.39, 0.29) is 58.4 Å². The average molecular weight is 857 g/mol. The molecule has 0 saturated carbocycles. The van der Waals surface area contributed by atoms with E-state index in [0.717, 1.165) is 7.11 Å². The summed E-state index contributed by atoms with van der Waals surface area (Å²) < 4.78 is 163. The second-order valence-corrected chi connectivity index (χ2v) is 16.1. The number of halogens is 10. The number of esters is 2. The van der Waals surface area contributed by atoms with Gasteiger partial charge in [0.2, 0.25) is 11.6 Å². The van der Waals surface area contributed by atoms with Gasteiger partial charge in [-0.05, 0) is 54.0 Å². The number of aliphatic imine (C=N–C) groups is 2. The van der Waals surface area contributed by atoms with Crippen molar-refractivity contribution in [2.45, 2.75) is 46.1 Å². The zero-order valence-electron chi connectivity index (χ0n) is 32.4. The van der Waals surface area contributed by atoms with Gasteiger partial charge in [-0.15, -0.1) is 0 Å². The highest BCUT2D eigenvalue weighted by molar-refractivity contribution is 6.20. The van der Waals surface area contributed by atoms with Crippen LogP contribution in [0, 0.1) is 74.9 Å². The van der Waals surface area contributed by atoms with Crippen molar-refractivity contribution >= 4 is 34.5 Å². The quantitative estimate of drug-likeness (QED) is 0.0902. The number of methoxy groups -OCH3 is 1. The van der Waals surface area contributed by atoms with Crippen molar-refractivity contribution in [1.29, 1.82) is 0 Å². The summed E-state index contributed by atoms with van der Waals surface area (Å²) in [6.45, 7) is 6.34. The number of carbonyl (C=O) groups excluding carboxylic acids is 2. The third-order valence-corrected chi connectivity index (χ3v) is 11.4. The van der Waals surface area contributed by atoms with Gasteiger partial charge >= 0.3 is 11.9 Å². The lowest BCUT2D eigenvalue weighted by Gasteiger charge is -2.37. The van der Waals surface area contributed by atoms with Gasteiger partial charge in [0, 0.05) is 33.9 Å². The van der Waals surface area contributed by atoms with Gasteiger partial charge in [0.1, 0.15) is 0 Å². The molecule has 1 saturated heterocycles. The van der Waals surface area contributed by atoms with Crippen LogP contribution in [0.1, 0.15) is 74.4 Å². The lowest BCUT2D eigenvalue weighted by atomic mass is 9.71. The molecule has 8 rings (SSSR count). The number of benzene rings is 2. The molecule has 0 radical (unpaired) electrons. The molecule has 316 valence electrons. The highest BCUT2D eigenvalue weighted by atomic mass is 19.2. The van der Waals surface area contributed by atoms with Crippen LogP contribution in [0.25, 0.3) is 11.1 Å². The summed E-state index contributed by atoms with van der Waals surface area (Å²) in [7, 11) is 1.12. The zero-order valence-corrected chi connectivity index (χ0v) is 32.4. The number of H-pyrrole nitrogens is 2. The van der Waals surface area contributed by atoms with Crippen LogP contribution in [0.4, 0.5) is 43.9 Å². The molecule has 2 aromatic carbocycles. The van der Waals surface area contributed by atoms with Crippen molar-refractivity contribution in [3.05, 3.63) is 152 Å². The van der Waals surface area contributed by atoms with E-state index in [1.807, 2.05) is 0 Å². The van der Waals surface area contributed by atoms with Crippen LogP contribution in [-0.2, 0) is 24.7 Å². The lowest BCUT2D eigenvalue weighted by Crippen LogP contribution is -2.40. The first kappa shape index (κ1) is 41.3. The monoisotopic (exact) mass is 856 g/mol. The fourth-order valence-electron chi connectivity index (χ4n) is 8.61. The normalized spacial score (nSPS) is 22.9. The molecule has 8 bridgehead atoms. The highest BCUT2D eigenvalue weighted by Crippen LogP contribution is 2.55. The van der Waals surface area contributed by atoms with E-state index < -0.39 is 115 Å². The van der Waals surface area contributed by atoms with Gasteiger partial charge in [0.05, 0.1) is 65.3 Å². The molecule has 4 aromatic rings. The van der Waals surface area contributed by atoms with Crippen molar-refractivity contribution in [1.82, 2.24) is 9.97 Å². The van der Waals surface area contributed by atoms with E-state index in [9.17, 15) is 35.9 Å². The zero-order chi connectivity index (χ0) is 44.2. The highest BCUT2D eigenvalue weighted by Gasteiger charge is 2.59. The van der Waals surface area contributed by atoms with Crippen LogP contribution in [0.15, 0.2) is 69.9 Å². The van der Waals surface area contributed by atoms with Crippen molar-refractivity contribution in [3.63, 3.8) is 0 Å². The number of carbonyl (C=O) groups is 2. The van der Waals surface area contributed by atoms with E-state index in [1.54, 1.807) is 27.7 Å². The van der Waals surface area contributed by atoms with Gasteiger partial charge in [-0.2, -0.15) is 0 Å². The van der Waals surface area contributed by atoms with E-state index in [2.05, 4.69) is 20.0 Å². The Kier molecular flexibility index (Phi) is 9.51. The van der Waals surface area contributed by atoms with Crippen LogP contribution in [0.5, 0.6) is 0 Å². The van der Waals surface area contributed by atoms with E-state index >= 15 is 17.6 Å². The number of nitrogens with one attached hydrogen (secondary N) is 2. The van der Waals surface area contributed by atoms with Crippen molar-refractivity contribution in [2.24, 2.45) is 26.7 Å². The average Bonchev–Trinajstić information content (AvgIpc) is 4.06. The number of rotatable bonds is 5. The number of nitrogens with zero attached hydrogens (tertiary/aromatic N) is 2. The molecule has 18 heteroatoms. The molecule has 6 heterocycles. The van der Waals surface area contributed by atoms with Gasteiger partial charge in [0.25, 0.3) is 0 Å². The number of aromatic amines is 2. The molecular formula is C43H30F10N4O4. The summed E-state index contributed by atoms with van der Waals surface area (Å²) in [6, 6.07) is 5.06. The molecule has 8 nitrogen and oxygen atoms in total. The van der Waals surface area contributed by atoms with E-state index in [1.165, 1.54) is 48.6 Å². The van der Waals surface area contributed by atoms with Crippen LogP contribution in [0.3, 0.4) is 0 Å². The SMILES string of the molecule is COC(=O)CC(C)(C)C1C2=N/C(=C(/c3c(F)c(F)c(F)c(F)c3F)c3ccc([nH]3)C3(OC(=O)CC3(C)C)c3ccc([nH]3)/C(c3c(F)c(F)c(F)c(F)c3F)=C3/C=CC1=N3)C=C2. The summed E-state index contributed by atoms with van der Waals surface area (Å²) in [5.74, 6) is -25.3. The standard InChI is InChI=1S/C43H30F10N4O4/c1-41(2,14-24(58)60-5)30-20-8-6-16(54-20)26(28-31(44)35(48)39(52)36(49)32(28)45)18-10-12-22(56-18)43(42(3,4)15-25(59)61-43)23-13-11-19(57-23)27(17-7-9-21(30)55-17)29-33(46)37(50)40(53)38(51)34(29)47/h6-13,30,56-57H,14-15H2,1-5H3/b26-16+,27-17+. The minimum Gasteiger partial charge on any atom is -0.469 e. The molecule has 0 amide bonds. The number of aromatic nitrogens is 2. The third kappa shape index (κ3) is 6.03. The molecule has 0 aliphatic carbocycles. The fourth-order valence-corrected chi connectivity index (χ4v) is 8.61. The maximum atomic E-state index is 15.9. The largest absolute Gasteiger partial charge is 0.469 e.